The third-order valence-electron chi connectivity index (χ3n) is 7.15. The van der Waals surface area contributed by atoms with Crippen LogP contribution in [-0.2, 0) is 24.3 Å². The van der Waals surface area contributed by atoms with E-state index in [-0.39, 0.29) is 30.4 Å². The van der Waals surface area contributed by atoms with E-state index in [0.717, 1.165) is 11.1 Å². The minimum atomic E-state index is -3.98. The van der Waals surface area contributed by atoms with Crippen LogP contribution >= 0.6 is 11.8 Å². The van der Waals surface area contributed by atoms with Gasteiger partial charge in [0.1, 0.15) is 11.2 Å². The van der Waals surface area contributed by atoms with E-state index in [1.54, 1.807) is 24.3 Å². The molecule has 1 saturated heterocycles. The summed E-state index contributed by atoms with van der Waals surface area (Å²) < 4.78 is 48.9. The Morgan fingerprint density at radius 3 is 2.30 bits per heavy atom. The molecule has 43 heavy (non-hydrogen) atoms. The van der Waals surface area contributed by atoms with Crippen molar-refractivity contribution in [2.45, 2.75) is 42.6 Å². The van der Waals surface area contributed by atoms with Crippen LogP contribution in [0.25, 0.3) is 11.1 Å². The smallest absolute Gasteiger partial charge is 0.373 e. The molecule has 0 spiro atoms. The van der Waals surface area contributed by atoms with Crippen LogP contribution in [0.4, 0.5) is 4.39 Å². The Bertz CT molecular complexity index is 1530. The van der Waals surface area contributed by atoms with Crippen molar-refractivity contribution in [1.29, 1.82) is 0 Å². The highest BCUT2D eigenvalue weighted by Crippen LogP contribution is 2.32. The number of carbonyl (C=O) groups is 2. The molecule has 1 N–H and O–H groups in total. The second kappa shape index (κ2) is 14.2. The fourth-order valence-electron chi connectivity index (χ4n) is 4.96. The number of nitrogens with zero attached hydrogens (tertiary/aromatic N) is 2. The fraction of sp³-hybridized carbons (Fsp3) is 0.312. The lowest BCUT2D eigenvalue weighted by Crippen LogP contribution is -2.46. The van der Waals surface area contributed by atoms with Crippen LogP contribution in [0.5, 0.6) is 0 Å². The van der Waals surface area contributed by atoms with Crippen molar-refractivity contribution in [3.63, 3.8) is 0 Å². The summed E-state index contributed by atoms with van der Waals surface area (Å²) in [6.07, 6.45) is 0.188. The SMILES string of the molecule is C=[N+]([CH2-])[C@H](C(=O)OCC[C@H](NC(=O)[C@@H]1SCCN1S(=O)(=O)c1ccc(-c2ccccc2)cc1)c1ccc(F)cc1)C(C)C. The van der Waals surface area contributed by atoms with E-state index in [4.69, 9.17) is 4.74 Å². The standard InChI is InChI=1S/C32H36FN3O5S2/c1-22(2)29(35(3)4)32(38)41-20-18-28(25-10-14-26(33)15-11-25)34-30(37)31-36(19-21-42-31)43(39,40)27-16-12-24(13-17-27)23-8-6-5-7-9-23/h5-17,22,28-29,31H,3-4,18-21H2,1-2H3,(H,34,37)/t28-,29-,31-/m0/s1. The molecular formula is C32H36FN3O5S2. The van der Waals surface area contributed by atoms with Gasteiger partial charge in [-0.25, -0.2) is 17.6 Å². The molecule has 4 rings (SSSR count). The second-order valence-corrected chi connectivity index (χ2v) is 13.7. The van der Waals surface area contributed by atoms with Gasteiger partial charge in [0.05, 0.1) is 17.5 Å². The predicted octanol–water partition coefficient (Wildman–Crippen LogP) is 4.88. The number of benzene rings is 3. The topological polar surface area (TPSA) is 95.8 Å². The molecule has 1 aliphatic heterocycles. The molecular weight excluding hydrogens is 590 g/mol. The quantitative estimate of drug-likeness (QED) is 0.134. The van der Waals surface area contributed by atoms with Gasteiger partial charge < -0.3 is 14.6 Å². The van der Waals surface area contributed by atoms with E-state index in [1.165, 1.54) is 44.9 Å². The number of nitrogens with one attached hydrogen (secondary N) is 1. The normalized spacial score (nSPS) is 16.9. The molecule has 0 unspecified atom stereocenters. The molecule has 3 aromatic rings. The van der Waals surface area contributed by atoms with Gasteiger partial charge in [-0.15, -0.1) is 11.8 Å². The number of halogens is 1. The van der Waals surface area contributed by atoms with Gasteiger partial charge in [0.25, 0.3) is 0 Å². The summed E-state index contributed by atoms with van der Waals surface area (Å²) in [6.45, 7) is 7.55. The van der Waals surface area contributed by atoms with Crippen LogP contribution in [0, 0.1) is 18.8 Å². The summed E-state index contributed by atoms with van der Waals surface area (Å²) in [4.78, 5) is 26.3. The first-order valence-electron chi connectivity index (χ1n) is 13.9. The first kappa shape index (κ1) is 32.2. The molecule has 1 aliphatic rings. The summed E-state index contributed by atoms with van der Waals surface area (Å²) in [7, 11) is -0.272. The average molecular weight is 626 g/mol. The van der Waals surface area contributed by atoms with Crippen molar-refractivity contribution < 1.29 is 31.7 Å². The zero-order chi connectivity index (χ0) is 31.1. The van der Waals surface area contributed by atoms with E-state index in [1.807, 2.05) is 44.2 Å². The van der Waals surface area contributed by atoms with E-state index < -0.39 is 45.2 Å². The molecule has 1 fully saturated rings. The number of hydrogen-bond donors (Lipinski definition) is 1. The number of ether oxygens (including phenoxy) is 1. The molecule has 228 valence electrons. The third-order valence-corrected chi connectivity index (χ3v) is 10.4. The first-order chi connectivity index (χ1) is 20.5. The van der Waals surface area contributed by atoms with Crippen molar-refractivity contribution in [3.05, 3.63) is 97.3 Å². The minimum Gasteiger partial charge on any atom is -0.461 e. The molecule has 3 aromatic carbocycles. The molecule has 3 atom stereocenters. The van der Waals surface area contributed by atoms with Gasteiger partial charge in [-0.3, -0.25) is 4.79 Å². The zero-order valence-corrected chi connectivity index (χ0v) is 25.8. The lowest BCUT2D eigenvalue weighted by Gasteiger charge is -2.26. The maximum absolute atomic E-state index is 13.7. The summed E-state index contributed by atoms with van der Waals surface area (Å²) in [5.74, 6) is -1.08. The van der Waals surface area contributed by atoms with E-state index >= 15 is 0 Å². The van der Waals surface area contributed by atoms with Crippen LogP contribution < -0.4 is 5.32 Å². The average Bonchev–Trinajstić information content (AvgIpc) is 3.49. The van der Waals surface area contributed by atoms with Crippen LogP contribution in [0.2, 0.25) is 0 Å². The molecule has 0 bridgehead atoms. The summed E-state index contributed by atoms with van der Waals surface area (Å²) in [5.41, 5.74) is 2.44. The Balaban J connectivity index is 1.48. The maximum Gasteiger partial charge on any atom is 0.373 e. The number of hydrogen-bond acceptors (Lipinski definition) is 6. The zero-order valence-electron chi connectivity index (χ0n) is 24.2. The van der Waals surface area contributed by atoms with Gasteiger partial charge >= 0.3 is 5.97 Å². The van der Waals surface area contributed by atoms with Crippen molar-refractivity contribution in [2.75, 3.05) is 18.9 Å². The summed E-state index contributed by atoms with van der Waals surface area (Å²) in [6, 6.07) is 20.5. The number of esters is 1. The Morgan fingerprint density at radius 1 is 1.07 bits per heavy atom. The molecule has 11 heteroatoms. The third kappa shape index (κ3) is 7.84. The first-order valence-corrected chi connectivity index (χ1v) is 16.4. The van der Waals surface area contributed by atoms with Crippen molar-refractivity contribution in [3.8, 4) is 11.1 Å². The molecule has 1 heterocycles. The Labute approximate surface area is 257 Å². The van der Waals surface area contributed by atoms with Gasteiger partial charge in [-0.05, 0) is 54.7 Å². The Kier molecular flexibility index (Phi) is 10.6. The second-order valence-electron chi connectivity index (χ2n) is 10.6. The lowest BCUT2D eigenvalue weighted by atomic mass is 10.0. The highest BCUT2D eigenvalue weighted by Gasteiger charge is 2.41. The highest BCUT2D eigenvalue weighted by molar-refractivity contribution is 8.02. The summed E-state index contributed by atoms with van der Waals surface area (Å²) >= 11 is 1.23. The molecule has 0 radical (unpaired) electrons. The predicted molar refractivity (Wildman–Crippen MR) is 166 cm³/mol. The Hall–Kier alpha value is -3.67. The van der Waals surface area contributed by atoms with Crippen LogP contribution in [0.3, 0.4) is 0 Å². The molecule has 0 aromatic heterocycles. The van der Waals surface area contributed by atoms with Crippen molar-refractivity contribution in [2.24, 2.45) is 5.92 Å². The van der Waals surface area contributed by atoms with Gasteiger partial charge in [0.15, 0.2) is 0 Å². The van der Waals surface area contributed by atoms with Crippen LogP contribution in [0.15, 0.2) is 83.8 Å². The number of amides is 1. The number of thioether (sulfide) groups is 1. The van der Waals surface area contributed by atoms with E-state index in [0.29, 0.717) is 11.3 Å². The van der Waals surface area contributed by atoms with Gasteiger partial charge in [0.2, 0.25) is 22.0 Å². The lowest BCUT2D eigenvalue weighted by molar-refractivity contribution is -0.495. The minimum absolute atomic E-state index is 0.0359. The number of rotatable bonds is 12. The highest BCUT2D eigenvalue weighted by atomic mass is 32.2. The maximum atomic E-state index is 13.7. The number of carbonyl (C=O) groups excluding carboxylic acids is 2. The summed E-state index contributed by atoms with van der Waals surface area (Å²) in [5, 5.41) is 1.91. The molecule has 1 amide bonds. The van der Waals surface area contributed by atoms with E-state index in [2.05, 4.69) is 19.1 Å². The number of sulfonamides is 1. The van der Waals surface area contributed by atoms with E-state index in [9.17, 15) is 22.4 Å². The van der Waals surface area contributed by atoms with Crippen LogP contribution in [0.1, 0.15) is 31.9 Å². The Morgan fingerprint density at radius 2 is 1.70 bits per heavy atom. The molecule has 0 saturated carbocycles. The largest absolute Gasteiger partial charge is 0.461 e. The molecule has 8 nitrogen and oxygen atoms in total. The van der Waals surface area contributed by atoms with Gasteiger partial charge in [-0.1, -0.05) is 68.4 Å². The molecule has 0 aliphatic carbocycles. The van der Waals surface area contributed by atoms with Gasteiger partial charge in [0, 0.05) is 24.6 Å². The van der Waals surface area contributed by atoms with Crippen molar-refractivity contribution in [1.82, 2.24) is 9.62 Å². The fourth-order valence-corrected chi connectivity index (χ4v) is 8.04. The monoisotopic (exact) mass is 625 g/mol. The van der Waals surface area contributed by atoms with Crippen molar-refractivity contribution >= 4 is 40.4 Å². The van der Waals surface area contributed by atoms with Crippen LogP contribution in [-0.4, -0.2) is 66.2 Å². The van der Waals surface area contributed by atoms with Gasteiger partial charge in [-0.2, -0.15) is 4.31 Å².